The molecule has 3 N–H and O–H groups in total. The van der Waals surface area contributed by atoms with Crippen LogP contribution in [-0.2, 0) is 9.53 Å². The fourth-order valence-corrected chi connectivity index (χ4v) is 0.584. The van der Waals surface area contributed by atoms with E-state index in [2.05, 4.69) is 4.74 Å². The Balaban J connectivity index is 3.61. The highest BCUT2D eigenvalue weighted by Gasteiger charge is 2.16. The number of nitrogens with two attached hydrogens (primary N) is 1. The van der Waals surface area contributed by atoms with Gasteiger partial charge in [-0.2, -0.15) is 0 Å². The Morgan fingerprint density at radius 3 is 2.60 bits per heavy atom. The molecule has 10 heavy (non-hydrogen) atoms. The molecule has 2 atom stereocenters. The quantitative estimate of drug-likeness (QED) is 0.515. The maximum atomic E-state index is 10.5. The van der Waals surface area contributed by atoms with E-state index in [0.717, 1.165) is 0 Å². The van der Waals surface area contributed by atoms with Crippen LogP contribution in [-0.4, -0.2) is 30.3 Å². The first-order valence-corrected chi connectivity index (χ1v) is 3.09. The number of hydrogen-bond acceptors (Lipinski definition) is 4. The van der Waals surface area contributed by atoms with Crippen LogP contribution in [0, 0.1) is 0 Å². The number of carbonyl (C=O) groups excluding carboxylic acids is 1. The summed E-state index contributed by atoms with van der Waals surface area (Å²) in [6, 6.07) is -0.186. The summed E-state index contributed by atoms with van der Waals surface area (Å²) in [5.74, 6) is -0.627. The molecule has 0 aliphatic heterocycles. The normalized spacial score (nSPS) is 16.0. The molecule has 0 amide bonds. The second-order valence-electron chi connectivity index (χ2n) is 2.25. The van der Waals surface area contributed by atoms with Crippen molar-refractivity contribution in [2.75, 3.05) is 7.11 Å². The van der Waals surface area contributed by atoms with E-state index in [1.165, 1.54) is 7.11 Å². The number of carbonyl (C=O) groups is 1. The highest BCUT2D eigenvalue weighted by atomic mass is 16.5. The smallest absolute Gasteiger partial charge is 0.334 e. The van der Waals surface area contributed by atoms with E-state index in [-0.39, 0.29) is 12.5 Å². The van der Waals surface area contributed by atoms with Crippen molar-refractivity contribution in [3.63, 3.8) is 0 Å². The maximum Gasteiger partial charge on any atom is 0.334 e. The minimum Gasteiger partial charge on any atom is -0.467 e. The molecule has 0 aromatic heterocycles. The molecule has 4 nitrogen and oxygen atoms in total. The molecular formula is C6H13NO3. The Morgan fingerprint density at radius 2 is 2.30 bits per heavy atom. The second-order valence-corrected chi connectivity index (χ2v) is 2.25. The zero-order valence-corrected chi connectivity index (χ0v) is 6.20. The largest absolute Gasteiger partial charge is 0.467 e. The molecule has 0 saturated carbocycles. The Kier molecular flexibility index (Phi) is 3.99. The van der Waals surface area contributed by atoms with E-state index in [1.807, 2.05) is 0 Å². The molecule has 0 radical (unpaired) electrons. The van der Waals surface area contributed by atoms with Gasteiger partial charge in [-0.05, 0) is 13.3 Å². The van der Waals surface area contributed by atoms with Crippen LogP contribution in [0.1, 0.15) is 13.3 Å². The molecule has 0 rings (SSSR count). The molecule has 0 bridgehead atoms. The van der Waals surface area contributed by atoms with Crippen LogP contribution in [0.15, 0.2) is 0 Å². The molecule has 4 heteroatoms. The summed E-state index contributed by atoms with van der Waals surface area (Å²) >= 11 is 0. The Hall–Kier alpha value is -0.610. The molecule has 0 aromatic rings. The van der Waals surface area contributed by atoms with Gasteiger partial charge in [0.05, 0.1) is 7.11 Å². The summed E-state index contributed by atoms with van der Waals surface area (Å²) in [6.07, 6.45) is -0.836. The topological polar surface area (TPSA) is 72.5 Å². The predicted octanol–water partition coefficient (Wildman–Crippen LogP) is -0.742. The molecule has 0 aromatic carbocycles. The number of hydrogen-bond donors (Lipinski definition) is 2. The monoisotopic (exact) mass is 147 g/mol. The number of methoxy groups -OCH3 is 1. The standard InChI is InChI=1S/C6H13NO3/c1-4(7)3-5(8)6(9)10-2/h4-5,8H,3,7H2,1-2H3. The minimum atomic E-state index is -1.08. The highest BCUT2D eigenvalue weighted by Crippen LogP contribution is 1.96. The van der Waals surface area contributed by atoms with Gasteiger partial charge in [-0.3, -0.25) is 0 Å². The van der Waals surface area contributed by atoms with Gasteiger partial charge >= 0.3 is 5.97 Å². The van der Waals surface area contributed by atoms with Gasteiger partial charge in [-0.1, -0.05) is 0 Å². The number of aliphatic hydroxyl groups excluding tert-OH is 1. The average Bonchev–Trinajstić information content (AvgIpc) is 1.85. The van der Waals surface area contributed by atoms with E-state index in [4.69, 9.17) is 10.8 Å². The minimum absolute atomic E-state index is 0.186. The number of esters is 1. The average molecular weight is 147 g/mol. The van der Waals surface area contributed by atoms with Gasteiger partial charge in [0.25, 0.3) is 0 Å². The fourth-order valence-electron chi connectivity index (χ4n) is 0.584. The molecule has 0 fully saturated rings. The first-order valence-electron chi connectivity index (χ1n) is 3.09. The third-order valence-corrected chi connectivity index (χ3v) is 1.07. The lowest BCUT2D eigenvalue weighted by Crippen LogP contribution is -2.29. The number of aliphatic hydroxyl groups is 1. The number of ether oxygens (including phenoxy) is 1. The highest BCUT2D eigenvalue weighted by molar-refractivity contribution is 5.74. The first-order chi connectivity index (χ1) is 4.57. The zero-order valence-electron chi connectivity index (χ0n) is 6.20. The molecule has 0 heterocycles. The van der Waals surface area contributed by atoms with Crippen LogP contribution in [0.3, 0.4) is 0 Å². The first kappa shape index (κ1) is 9.39. The molecule has 0 aliphatic carbocycles. The van der Waals surface area contributed by atoms with Crippen molar-refractivity contribution in [3.8, 4) is 0 Å². The van der Waals surface area contributed by atoms with Crippen LogP contribution >= 0.6 is 0 Å². The lowest BCUT2D eigenvalue weighted by Gasteiger charge is -2.09. The summed E-state index contributed by atoms with van der Waals surface area (Å²) < 4.78 is 4.27. The SMILES string of the molecule is COC(=O)C(O)CC(C)N. The van der Waals surface area contributed by atoms with E-state index >= 15 is 0 Å². The molecule has 2 unspecified atom stereocenters. The molecule has 0 saturated heterocycles. The van der Waals surface area contributed by atoms with Crippen molar-refractivity contribution in [1.82, 2.24) is 0 Å². The third kappa shape index (κ3) is 3.42. The van der Waals surface area contributed by atoms with Gasteiger partial charge in [0.2, 0.25) is 0 Å². The van der Waals surface area contributed by atoms with Crippen LogP contribution < -0.4 is 5.73 Å². The number of rotatable bonds is 3. The summed E-state index contributed by atoms with van der Waals surface area (Å²) in [4.78, 5) is 10.5. The lowest BCUT2D eigenvalue weighted by atomic mass is 10.1. The third-order valence-electron chi connectivity index (χ3n) is 1.07. The van der Waals surface area contributed by atoms with Crippen molar-refractivity contribution in [1.29, 1.82) is 0 Å². The lowest BCUT2D eigenvalue weighted by molar-refractivity contribution is -0.150. The van der Waals surface area contributed by atoms with Crippen LogP contribution in [0.4, 0.5) is 0 Å². The van der Waals surface area contributed by atoms with Crippen LogP contribution in [0.25, 0.3) is 0 Å². The van der Waals surface area contributed by atoms with Gasteiger partial charge in [0.15, 0.2) is 6.10 Å². The van der Waals surface area contributed by atoms with E-state index in [9.17, 15) is 4.79 Å². The van der Waals surface area contributed by atoms with E-state index < -0.39 is 12.1 Å². The molecule has 0 spiro atoms. The van der Waals surface area contributed by atoms with Crippen molar-refractivity contribution in [2.24, 2.45) is 5.73 Å². The van der Waals surface area contributed by atoms with Crippen molar-refractivity contribution in [3.05, 3.63) is 0 Å². The summed E-state index contributed by atoms with van der Waals surface area (Å²) in [5.41, 5.74) is 5.32. The van der Waals surface area contributed by atoms with E-state index in [1.54, 1.807) is 6.92 Å². The Labute approximate surface area is 60.0 Å². The zero-order chi connectivity index (χ0) is 8.15. The van der Waals surface area contributed by atoms with Crippen molar-refractivity contribution < 1.29 is 14.6 Å². The second kappa shape index (κ2) is 4.24. The fraction of sp³-hybridized carbons (Fsp3) is 0.833. The summed E-state index contributed by atoms with van der Waals surface area (Å²) in [6.45, 7) is 1.71. The van der Waals surface area contributed by atoms with Crippen LogP contribution in [0.2, 0.25) is 0 Å². The van der Waals surface area contributed by atoms with Gasteiger partial charge in [-0.25, -0.2) is 4.79 Å². The molecular weight excluding hydrogens is 134 g/mol. The summed E-state index contributed by atoms with van der Waals surface area (Å²) in [5, 5.41) is 8.93. The Bertz CT molecular complexity index is 114. The Morgan fingerprint density at radius 1 is 1.80 bits per heavy atom. The summed E-state index contributed by atoms with van der Waals surface area (Å²) in [7, 11) is 1.23. The molecule has 0 aliphatic rings. The van der Waals surface area contributed by atoms with E-state index in [0.29, 0.717) is 0 Å². The molecule has 60 valence electrons. The van der Waals surface area contributed by atoms with Crippen molar-refractivity contribution in [2.45, 2.75) is 25.5 Å². The van der Waals surface area contributed by atoms with Gasteiger partial charge in [0, 0.05) is 6.04 Å². The van der Waals surface area contributed by atoms with Gasteiger partial charge < -0.3 is 15.6 Å². The predicted molar refractivity (Wildman–Crippen MR) is 36.3 cm³/mol. The maximum absolute atomic E-state index is 10.5. The van der Waals surface area contributed by atoms with Gasteiger partial charge in [0.1, 0.15) is 0 Å². The van der Waals surface area contributed by atoms with Crippen molar-refractivity contribution >= 4 is 5.97 Å². The van der Waals surface area contributed by atoms with Crippen LogP contribution in [0.5, 0.6) is 0 Å². The van der Waals surface area contributed by atoms with Gasteiger partial charge in [-0.15, -0.1) is 0 Å².